The van der Waals surface area contributed by atoms with Gasteiger partial charge < -0.3 is 10.2 Å². The van der Waals surface area contributed by atoms with Crippen LogP contribution in [0.25, 0.3) is 0 Å². The van der Waals surface area contributed by atoms with Crippen molar-refractivity contribution in [2.45, 2.75) is 33.2 Å². The standard InChI is InChI=1S/C20H23N3O2/c1-20(2,18(24)22-14-15-7-5-11-21-13-15)19(25)23-12-6-9-16-8-3-4-10-17(16)23/h3-5,7-8,10-11,13H,6,9,12,14H2,1-2H3,(H,22,24). The van der Waals surface area contributed by atoms with Crippen LogP contribution in [0.1, 0.15) is 31.4 Å². The van der Waals surface area contributed by atoms with Crippen LogP contribution in [0.5, 0.6) is 0 Å². The second kappa shape index (κ2) is 7.05. The maximum absolute atomic E-state index is 13.1. The number of carbonyl (C=O) groups excluding carboxylic acids is 2. The summed E-state index contributed by atoms with van der Waals surface area (Å²) in [5, 5.41) is 2.86. The first-order valence-corrected chi connectivity index (χ1v) is 8.57. The van der Waals surface area contributed by atoms with Crippen LogP contribution in [0.15, 0.2) is 48.8 Å². The number of aromatic nitrogens is 1. The van der Waals surface area contributed by atoms with E-state index < -0.39 is 5.41 Å². The summed E-state index contributed by atoms with van der Waals surface area (Å²) >= 11 is 0. The third kappa shape index (κ3) is 3.55. The number of rotatable bonds is 4. The average molecular weight is 337 g/mol. The van der Waals surface area contributed by atoms with E-state index in [4.69, 9.17) is 0 Å². The lowest BCUT2D eigenvalue weighted by molar-refractivity contribution is -0.140. The molecule has 3 rings (SSSR count). The molecule has 0 saturated carbocycles. The molecule has 1 aliphatic heterocycles. The molecule has 0 aliphatic carbocycles. The molecular formula is C20H23N3O2. The highest BCUT2D eigenvalue weighted by molar-refractivity contribution is 6.11. The van der Waals surface area contributed by atoms with Gasteiger partial charge in [-0.3, -0.25) is 14.6 Å². The topological polar surface area (TPSA) is 62.3 Å². The Morgan fingerprint density at radius 2 is 2.00 bits per heavy atom. The number of para-hydroxylation sites is 1. The second-order valence-corrected chi connectivity index (χ2v) is 6.86. The van der Waals surface area contributed by atoms with Crippen LogP contribution < -0.4 is 10.2 Å². The lowest BCUT2D eigenvalue weighted by atomic mass is 9.88. The molecule has 0 saturated heterocycles. The molecule has 0 fully saturated rings. The van der Waals surface area contributed by atoms with E-state index in [1.165, 1.54) is 0 Å². The van der Waals surface area contributed by atoms with Crippen LogP contribution in [-0.2, 0) is 22.6 Å². The number of anilines is 1. The summed E-state index contributed by atoms with van der Waals surface area (Å²) in [5.74, 6) is -0.437. The molecule has 25 heavy (non-hydrogen) atoms. The molecule has 1 aromatic carbocycles. The molecule has 0 bridgehead atoms. The monoisotopic (exact) mass is 337 g/mol. The number of carbonyl (C=O) groups is 2. The van der Waals surface area contributed by atoms with Crippen LogP contribution >= 0.6 is 0 Å². The van der Waals surface area contributed by atoms with Gasteiger partial charge in [0, 0.05) is 31.2 Å². The Bertz CT molecular complexity index is 772. The van der Waals surface area contributed by atoms with Gasteiger partial charge in [-0.05, 0) is 49.9 Å². The molecule has 2 amide bonds. The maximum Gasteiger partial charge on any atom is 0.242 e. The van der Waals surface area contributed by atoms with E-state index in [0.717, 1.165) is 29.7 Å². The third-order valence-corrected chi connectivity index (χ3v) is 4.63. The molecule has 2 heterocycles. The summed E-state index contributed by atoms with van der Waals surface area (Å²) < 4.78 is 0. The second-order valence-electron chi connectivity index (χ2n) is 6.86. The predicted octanol–water partition coefficient (Wildman–Crippen LogP) is 2.70. The average Bonchev–Trinajstić information content (AvgIpc) is 2.65. The van der Waals surface area contributed by atoms with Gasteiger partial charge in [-0.25, -0.2) is 0 Å². The van der Waals surface area contributed by atoms with Gasteiger partial charge in [0.2, 0.25) is 11.8 Å². The molecule has 0 radical (unpaired) electrons. The van der Waals surface area contributed by atoms with Gasteiger partial charge in [-0.2, -0.15) is 0 Å². The van der Waals surface area contributed by atoms with Crippen LogP contribution in [0, 0.1) is 5.41 Å². The van der Waals surface area contributed by atoms with Gasteiger partial charge in [0.15, 0.2) is 0 Å². The van der Waals surface area contributed by atoms with Crippen molar-refractivity contribution >= 4 is 17.5 Å². The molecular weight excluding hydrogens is 314 g/mol. The normalized spacial score (nSPS) is 13.9. The zero-order valence-electron chi connectivity index (χ0n) is 14.7. The van der Waals surface area contributed by atoms with Crippen molar-refractivity contribution < 1.29 is 9.59 Å². The molecule has 1 aromatic heterocycles. The van der Waals surface area contributed by atoms with Gasteiger partial charge in [-0.15, -0.1) is 0 Å². The lowest BCUT2D eigenvalue weighted by Gasteiger charge is -2.35. The third-order valence-electron chi connectivity index (χ3n) is 4.63. The van der Waals surface area contributed by atoms with Gasteiger partial charge in [0.1, 0.15) is 5.41 Å². The fraction of sp³-hybridized carbons (Fsp3) is 0.350. The summed E-state index contributed by atoms with van der Waals surface area (Å²) in [6, 6.07) is 11.6. The Labute approximate surface area is 148 Å². The van der Waals surface area contributed by atoms with Crippen molar-refractivity contribution in [1.82, 2.24) is 10.3 Å². The minimum Gasteiger partial charge on any atom is -0.351 e. The summed E-state index contributed by atoms with van der Waals surface area (Å²) in [4.78, 5) is 31.5. The van der Waals surface area contributed by atoms with E-state index in [0.29, 0.717) is 13.1 Å². The van der Waals surface area contributed by atoms with E-state index in [9.17, 15) is 9.59 Å². The number of hydrogen-bond acceptors (Lipinski definition) is 3. The molecule has 0 spiro atoms. The molecule has 1 aliphatic rings. The summed E-state index contributed by atoms with van der Waals surface area (Å²) in [7, 11) is 0. The van der Waals surface area contributed by atoms with E-state index in [1.807, 2.05) is 36.4 Å². The largest absolute Gasteiger partial charge is 0.351 e. The number of nitrogens with one attached hydrogen (secondary N) is 1. The molecule has 0 unspecified atom stereocenters. The Kier molecular flexibility index (Phi) is 4.83. The molecule has 130 valence electrons. The van der Waals surface area contributed by atoms with E-state index in [-0.39, 0.29) is 11.8 Å². The number of aryl methyl sites for hydroxylation is 1. The Morgan fingerprint density at radius 1 is 1.20 bits per heavy atom. The van der Waals surface area contributed by atoms with E-state index in [1.54, 1.807) is 31.1 Å². The first-order valence-electron chi connectivity index (χ1n) is 8.57. The number of amides is 2. The predicted molar refractivity (Wildman–Crippen MR) is 97.0 cm³/mol. The highest BCUT2D eigenvalue weighted by Crippen LogP contribution is 2.31. The lowest BCUT2D eigenvalue weighted by Crippen LogP contribution is -2.50. The molecule has 5 nitrogen and oxygen atoms in total. The van der Waals surface area contributed by atoms with Gasteiger partial charge >= 0.3 is 0 Å². The number of fused-ring (bicyclic) bond motifs is 1. The van der Waals surface area contributed by atoms with Crippen molar-refractivity contribution in [3.05, 3.63) is 59.9 Å². The highest BCUT2D eigenvalue weighted by Gasteiger charge is 2.40. The number of benzene rings is 1. The first kappa shape index (κ1) is 17.1. The molecule has 0 atom stereocenters. The summed E-state index contributed by atoms with van der Waals surface area (Å²) in [5.41, 5.74) is 1.86. The maximum atomic E-state index is 13.1. The molecule has 2 aromatic rings. The number of hydrogen-bond donors (Lipinski definition) is 1. The fourth-order valence-corrected chi connectivity index (χ4v) is 3.09. The summed E-state index contributed by atoms with van der Waals surface area (Å²) in [6.07, 6.45) is 5.27. The van der Waals surface area contributed by atoms with E-state index in [2.05, 4.69) is 10.3 Å². The van der Waals surface area contributed by atoms with Crippen molar-refractivity contribution in [2.24, 2.45) is 5.41 Å². The molecule has 1 N–H and O–H groups in total. The minimum atomic E-state index is -1.13. The van der Waals surface area contributed by atoms with Crippen molar-refractivity contribution in [2.75, 3.05) is 11.4 Å². The Balaban J connectivity index is 1.73. The number of pyridine rings is 1. The molecule has 5 heteroatoms. The minimum absolute atomic E-state index is 0.164. The SMILES string of the molecule is CC(C)(C(=O)NCc1cccnc1)C(=O)N1CCCc2ccccc21. The number of nitrogens with zero attached hydrogens (tertiary/aromatic N) is 2. The summed E-state index contributed by atoms with van der Waals surface area (Å²) in [6.45, 7) is 4.38. The highest BCUT2D eigenvalue weighted by atomic mass is 16.2. The van der Waals surface area contributed by atoms with Crippen LogP contribution in [0.3, 0.4) is 0 Å². The van der Waals surface area contributed by atoms with Crippen LogP contribution in [0.2, 0.25) is 0 Å². The fourth-order valence-electron chi connectivity index (χ4n) is 3.09. The van der Waals surface area contributed by atoms with Crippen molar-refractivity contribution in [1.29, 1.82) is 0 Å². The smallest absolute Gasteiger partial charge is 0.242 e. The van der Waals surface area contributed by atoms with Crippen molar-refractivity contribution in [3.8, 4) is 0 Å². The van der Waals surface area contributed by atoms with Crippen LogP contribution in [-0.4, -0.2) is 23.3 Å². The van der Waals surface area contributed by atoms with Gasteiger partial charge in [0.25, 0.3) is 0 Å². The van der Waals surface area contributed by atoms with Crippen molar-refractivity contribution in [3.63, 3.8) is 0 Å². The Hall–Kier alpha value is -2.69. The van der Waals surface area contributed by atoms with Gasteiger partial charge in [-0.1, -0.05) is 24.3 Å². The van der Waals surface area contributed by atoms with Gasteiger partial charge in [0.05, 0.1) is 0 Å². The first-order chi connectivity index (χ1) is 12.0. The zero-order valence-corrected chi connectivity index (χ0v) is 14.7. The zero-order chi connectivity index (χ0) is 17.9. The quantitative estimate of drug-likeness (QED) is 0.873. The van der Waals surface area contributed by atoms with Crippen LogP contribution in [0.4, 0.5) is 5.69 Å². The van der Waals surface area contributed by atoms with E-state index >= 15 is 0 Å². The Morgan fingerprint density at radius 3 is 2.76 bits per heavy atom.